The number of anilines is 2. The number of para-hydroxylation sites is 1. The van der Waals surface area contributed by atoms with Crippen molar-refractivity contribution in [3.63, 3.8) is 0 Å². The monoisotopic (exact) mass is 365 g/mol. The third-order valence-corrected chi connectivity index (χ3v) is 3.74. The second-order valence-corrected chi connectivity index (χ2v) is 5.57. The van der Waals surface area contributed by atoms with Gasteiger partial charge < -0.3 is 20.7 Å². The van der Waals surface area contributed by atoms with Crippen molar-refractivity contribution >= 4 is 23.3 Å². The molecule has 0 saturated carbocycles. The van der Waals surface area contributed by atoms with Gasteiger partial charge >= 0.3 is 6.03 Å². The first kappa shape index (κ1) is 18.0. The molecule has 3 N–H and O–H groups in total. The molecule has 1 aromatic heterocycles. The van der Waals surface area contributed by atoms with Gasteiger partial charge in [-0.05, 0) is 30.3 Å². The predicted octanol–water partition coefficient (Wildman–Crippen LogP) is 2.88. The fraction of sp³-hybridized carbons (Fsp3) is 0.105. The van der Waals surface area contributed by atoms with Crippen molar-refractivity contribution in [3.8, 4) is 11.4 Å². The van der Waals surface area contributed by atoms with Gasteiger partial charge in [0, 0.05) is 18.4 Å². The molecule has 0 aliphatic rings. The van der Waals surface area contributed by atoms with Crippen molar-refractivity contribution in [1.82, 2.24) is 15.1 Å². The average molecular weight is 365 g/mol. The summed E-state index contributed by atoms with van der Waals surface area (Å²) in [6, 6.07) is 15.9. The maximum Gasteiger partial charge on any atom is 0.318 e. The lowest BCUT2D eigenvalue weighted by atomic mass is 10.2. The summed E-state index contributed by atoms with van der Waals surface area (Å²) in [5, 5.41) is 12.2. The summed E-state index contributed by atoms with van der Waals surface area (Å²) >= 11 is 0. The minimum Gasteiger partial charge on any atom is -0.493 e. The van der Waals surface area contributed by atoms with Crippen LogP contribution in [0.15, 0.2) is 60.8 Å². The molecule has 0 aliphatic carbocycles. The van der Waals surface area contributed by atoms with E-state index in [9.17, 15) is 9.59 Å². The van der Waals surface area contributed by atoms with Crippen LogP contribution in [0.1, 0.15) is 10.5 Å². The molecule has 0 unspecified atom stereocenters. The molecule has 0 atom stereocenters. The van der Waals surface area contributed by atoms with E-state index < -0.39 is 5.91 Å². The van der Waals surface area contributed by atoms with E-state index in [4.69, 9.17) is 4.74 Å². The number of hydrogen-bond acceptors (Lipinski definition) is 4. The van der Waals surface area contributed by atoms with Crippen LogP contribution in [0.2, 0.25) is 0 Å². The first-order chi connectivity index (χ1) is 13.1. The number of carbonyl (C=O) groups excluding carboxylic acids is 2. The van der Waals surface area contributed by atoms with E-state index in [0.717, 1.165) is 5.69 Å². The van der Waals surface area contributed by atoms with Crippen LogP contribution in [-0.2, 0) is 0 Å². The number of hydrogen-bond donors (Lipinski definition) is 3. The van der Waals surface area contributed by atoms with Crippen molar-refractivity contribution in [3.05, 3.63) is 66.5 Å². The van der Waals surface area contributed by atoms with Crippen LogP contribution in [0, 0.1) is 0 Å². The molecular formula is C19H19N5O3. The summed E-state index contributed by atoms with van der Waals surface area (Å²) < 4.78 is 6.87. The van der Waals surface area contributed by atoms with Crippen molar-refractivity contribution in [1.29, 1.82) is 0 Å². The van der Waals surface area contributed by atoms with E-state index in [2.05, 4.69) is 21.0 Å². The van der Waals surface area contributed by atoms with Gasteiger partial charge in [-0.3, -0.25) is 4.79 Å². The summed E-state index contributed by atoms with van der Waals surface area (Å²) in [5.41, 5.74) is 2.04. The second kappa shape index (κ2) is 8.05. The van der Waals surface area contributed by atoms with Gasteiger partial charge in [0.05, 0.1) is 19.0 Å². The van der Waals surface area contributed by atoms with Crippen molar-refractivity contribution < 1.29 is 14.3 Å². The quantitative estimate of drug-likeness (QED) is 0.648. The zero-order valence-corrected chi connectivity index (χ0v) is 14.9. The highest BCUT2D eigenvalue weighted by atomic mass is 16.5. The molecule has 0 bridgehead atoms. The van der Waals surface area contributed by atoms with Gasteiger partial charge in [0.15, 0.2) is 11.4 Å². The minimum absolute atomic E-state index is 0.158. The number of urea groups is 1. The molecule has 0 aliphatic heterocycles. The molecule has 8 nitrogen and oxygen atoms in total. The lowest BCUT2D eigenvalue weighted by Crippen LogP contribution is -2.24. The van der Waals surface area contributed by atoms with E-state index in [1.54, 1.807) is 35.1 Å². The highest BCUT2D eigenvalue weighted by Crippen LogP contribution is 2.22. The number of methoxy groups -OCH3 is 1. The number of rotatable bonds is 5. The van der Waals surface area contributed by atoms with Gasteiger partial charge in [-0.1, -0.05) is 24.3 Å². The minimum atomic E-state index is -0.418. The SMILES string of the molecule is CNC(=O)Nc1cccc(NC(=O)c2nn(-c3ccccc3)cc2OC)c1. The molecule has 1 heterocycles. The van der Waals surface area contributed by atoms with E-state index in [1.807, 2.05) is 30.3 Å². The fourth-order valence-corrected chi connectivity index (χ4v) is 2.44. The lowest BCUT2D eigenvalue weighted by Gasteiger charge is -2.08. The number of amides is 3. The van der Waals surface area contributed by atoms with Crippen LogP contribution in [0.3, 0.4) is 0 Å². The first-order valence-corrected chi connectivity index (χ1v) is 8.20. The van der Waals surface area contributed by atoms with Crippen molar-refractivity contribution in [2.75, 3.05) is 24.8 Å². The highest BCUT2D eigenvalue weighted by molar-refractivity contribution is 6.05. The van der Waals surface area contributed by atoms with Crippen LogP contribution in [0.25, 0.3) is 5.69 Å². The molecule has 8 heteroatoms. The van der Waals surface area contributed by atoms with Gasteiger partial charge in [-0.15, -0.1) is 0 Å². The van der Waals surface area contributed by atoms with Crippen molar-refractivity contribution in [2.24, 2.45) is 0 Å². The Morgan fingerprint density at radius 1 is 1.00 bits per heavy atom. The molecular weight excluding hydrogens is 346 g/mol. The number of benzene rings is 2. The number of nitrogens with one attached hydrogen (secondary N) is 3. The Morgan fingerprint density at radius 3 is 2.37 bits per heavy atom. The summed E-state index contributed by atoms with van der Waals surface area (Å²) in [5.74, 6) is -0.0605. The van der Waals surface area contributed by atoms with E-state index in [1.165, 1.54) is 14.2 Å². The number of nitrogens with zero attached hydrogens (tertiary/aromatic N) is 2. The molecule has 3 rings (SSSR count). The second-order valence-electron chi connectivity index (χ2n) is 5.57. The third-order valence-electron chi connectivity index (χ3n) is 3.74. The summed E-state index contributed by atoms with van der Waals surface area (Å²) in [6.07, 6.45) is 1.65. The van der Waals surface area contributed by atoms with Crippen LogP contribution in [0.5, 0.6) is 5.75 Å². The summed E-state index contributed by atoms with van der Waals surface area (Å²) in [6.45, 7) is 0. The van der Waals surface area contributed by atoms with Crippen LogP contribution in [0.4, 0.5) is 16.2 Å². The molecule has 0 fully saturated rings. The molecule has 0 radical (unpaired) electrons. The van der Waals surface area contributed by atoms with Gasteiger partial charge in [0.2, 0.25) is 0 Å². The predicted molar refractivity (Wildman–Crippen MR) is 103 cm³/mol. The molecule has 3 amide bonds. The van der Waals surface area contributed by atoms with E-state index in [-0.39, 0.29) is 11.7 Å². The Balaban J connectivity index is 1.81. The molecule has 0 saturated heterocycles. The third kappa shape index (κ3) is 4.24. The smallest absolute Gasteiger partial charge is 0.318 e. The summed E-state index contributed by atoms with van der Waals surface area (Å²) in [7, 11) is 3.01. The molecule has 0 spiro atoms. The largest absolute Gasteiger partial charge is 0.493 e. The summed E-state index contributed by atoms with van der Waals surface area (Å²) in [4.78, 5) is 24.1. The van der Waals surface area contributed by atoms with Crippen LogP contribution >= 0.6 is 0 Å². The number of carbonyl (C=O) groups is 2. The Labute approximate surface area is 156 Å². The maximum absolute atomic E-state index is 12.7. The number of ether oxygens (including phenoxy) is 1. The Kier molecular flexibility index (Phi) is 5.36. The van der Waals surface area contributed by atoms with Crippen LogP contribution in [-0.4, -0.2) is 35.9 Å². The number of aromatic nitrogens is 2. The standard InChI is InChI=1S/C19H19N5O3/c1-20-19(26)22-14-8-6-7-13(11-14)21-18(25)17-16(27-2)12-24(23-17)15-9-4-3-5-10-15/h3-12H,1-2H3,(H,21,25)(H2,20,22,26). The topological polar surface area (TPSA) is 97.3 Å². The van der Waals surface area contributed by atoms with E-state index in [0.29, 0.717) is 17.1 Å². The normalized spacial score (nSPS) is 10.1. The Bertz CT molecular complexity index is 953. The fourth-order valence-electron chi connectivity index (χ4n) is 2.44. The Morgan fingerprint density at radius 2 is 1.70 bits per heavy atom. The van der Waals surface area contributed by atoms with E-state index >= 15 is 0 Å². The zero-order chi connectivity index (χ0) is 19.2. The van der Waals surface area contributed by atoms with Gasteiger partial charge in [-0.25, -0.2) is 9.48 Å². The van der Waals surface area contributed by atoms with Gasteiger partial charge in [0.1, 0.15) is 0 Å². The van der Waals surface area contributed by atoms with Gasteiger partial charge in [0.25, 0.3) is 5.91 Å². The zero-order valence-electron chi connectivity index (χ0n) is 14.9. The lowest BCUT2D eigenvalue weighted by molar-refractivity contribution is 0.101. The first-order valence-electron chi connectivity index (χ1n) is 8.20. The van der Waals surface area contributed by atoms with Crippen LogP contribution < -0.4 is 20.7 Å². The van der Waals surface area contributed by atoms with Gasteiger partial charge in [-0.2, -0.15) is 5.10 Å². The maximum atomic E-state index is 12.7. The molecule has 3 aromatic rings. The molecule has 138 valence electrons. The molecule has 2 aromatic carbocycles. The van der Waals surface area contributed by atoms with Crippen molar-refractivity contribution in [2.45, 2.75) is 0 Å². The average Bonchev–Trinajstić information content (AvgIpc) is 3.13. The highest BCUT2D eigenvalue weighted by Gasteiger charge is 2.18. The Hall–Kier alpha value is -3.81. The molecule has 27 heavy (non-hydrogen) atoms.